The summed E-state index contributed by atoms with van der Waals surface area (Å²) in [5.41, 5.74) is 7.26. The van der Waals surface area contributed by atoms with Gasteiger partial charge in [0, 0.05) is 25.0 Å². The van der Waals surface area contributed by atoms with Crippen LogP contribution in [0.5, 0.6) is 0 Å². The molecular weight excluding hydrogens is 458 g/mol. The number of nitrogens with zero attached hydrogens (tertiary/aromatic N) is 2. The maximum absolute atomic E-state index is 12.4. The minimum atomic E-state index is -0.316. The van der Waals surface area contributed by atoms with Gasteiger partial charge in [-0.05, 0) is 37.1 Å². The number of hydrogen-bond donors (Lipinski definition) is 1. The van der Waals surface area contributed by atoms with Crippen LogP contribution in [0.15, 0.2) is 72.9 Å². The summed E-state index contributed by atoms with van der Waals surface area (Å²) in [6, 6.07) is 20.0. The van der Waals surface area contributed by atoms with Crippen LogP contribution in [0.4, 0.5) is 5.69 Å². The number of rotatable bonds is 8. The second-order valence-corrected chi connectivity index (χ2v) is 6.73. The van der Waals surface area contributed by atoms with E-state index < -0.39 is 0 Å². The second-order valence-electron chi connectivity index (χ2n) is 6.73. The molecule has 0 saturated carbocycles. The number of ether oxygens (including phenoxy) is 1. The number of carbonyl (C=O) groups is 1. The van der Waals surface area contributed by atoms with Gasteiger partial charge in [-0.3, -0.25) is 20.2 Å². The van der Waals surface area contributed by atoms with Crippen LogP contribution in [0.25, 0.3) is 16.6 Å². The number of carbonyl (C=O) groups excluding carboxylic acids is 1. The van der Waals surface area contributed by atoms with E-state index in [4.69, 9.17) is 4.74 Å². The van der Waals surface area contributed by atoms with Crippen LogP contribution in [0.3, 0.4) is 0 Å². The first-order chi connectivity index (χ1) is 17.1. The number of benzene rings is 2. The fourth-order valence-electron chi connectivity index (χ4n) is 3.24. The minimum Gasteiger partial charge on any atom is -0.466 e. The largest absolute Gasteiger partial charge is 0.466 e. The number of fused-ring (bicyclic) bond motifs is 1. The molecule has 0 spiro atoms. The summed E-state index contributed by atoms with van der Waals surface area (Å²) in [6.45, 7) is 12.2. The zero-order valence-corrected chi connectivity index (χ0v) is 23.3. The quantitative estimate of drug-likeness (QED) is 0.193. The lowest BCUT2D eigenvalue weighted by molar-refractivity contribution is -0.146. The van der Waals surface area contributed by atoms with Gasteiger partial charge in [0.1, 0.15) is 0 Å². The number of hydrogen-bond acceptors (Lipinski definition) is 5. The second kappa shape index (κ2) is 19.3. The maximum atomic E-state index is 12.4. The predicted octanol–water partition coefficient (Wildman–Crippen LogP) is 8.03. The molecule has 3 rings (SSSR count). The van der Waals surface area contributed by atoms with Crippen LogP contribution >= 0.6 is 11.6 Å². The summed E-state index contributed by atoms with van der Waals surface area (Å²) in [6.07, 6.45) is 5.91. The topological polar surface area (TPSA) is 54.5 Å². The van der Waals surface area contributed by atoms with Crippen molar-refractivity contribution in [3.63, 3.8) is 0 Å². The van der Waals surface area contributed by atoms with Crippen molar-refractivity contribution in [1.29, 1.82) is 0 Å². The molecule has 0 saturated heterocycles. The van der Waals surface area contributed by atoms with E-state index in [0.717, 1.165) is 27.9 Å². The molecule has 1 N–H and O–H groups in total. The van der Waals surface area contributed by atoms with Crippen molar-refractivity contribution < 1.29 is 9.53 Å². The molecule has 1 atom stereocenters. The van der Waals surface area contributed by atoms with Gasteiger partial charge in [0.15, 0.2) is 0 Å². The zero-order chi connectivity index (χ0) is 26.6. The van der Waals surface area contributed by atoms with Gasteiger partial charge in [0.25, 0.3) is 0 Å². The number of para-hydroxylation sites is 1. The Bertz CT molecular complexity index is 988. The SMILES string of the molecule is CC.CC.CCOC(=O)C(/C=C(/c1ccccc1)N(C)Nc1ccnc2ccccc12)CC.CCl. The Kier molecular flexibility index (Phi) is 17.6. The molecule has 6 heteroatoms. The van der Waals surface area contributed by atoms with Gasteiger partial charge in [0.05, 0.1) is 29.4 Å². The Labute approximate surface area is 217 Å². The Balaban J connectivity index is 0.00000179. The van der Waals surface area contributed by atoms with Crippen molar-refractivity contribution in [2.45, 2.75) is 48.0 Å². The molecule has 0 bridgehead atoms. The van der Waals surface area contributed by atoms with Crippen LogP contribution in [0.2, 0.25) is 0 Å². The van der Waals surface area contributed by atoms with Crippen LogP contribution in [-0.2, 0) is 9.53 Å². The average molecular weight is 500 g/mol. The summed E-state index contributed by atoms with van der Waals surface area (Å²) in [7, 11) is 1.95. The van der Waals surface area contributed by atoms with E-state index in [-0.39, 0.29) is 11.9 Å². The molecule has 1 aromatic heterocycles. The van der Waals surface area contributed by atoms with Crippen LogP contribution in [-0.4, -0.2) is 36.0 Å². The third kappa shape index (κ3) is 9.99. The van der Waals surface area contributed by atoms with E-state index in [9.17, 15) is 4.79 Å². The number of nitrogens with one attached hydrogen (secondary N) is 1. The molecule has 1 heterocycles. The van der Waals surface area contributed by atoms with Crippen molar-refractivity contribution in [2.24, 2.45) is 5.92 Å². The predicted molar refractivity (Wildman–Crippen MR) is 152 cm³/mol. The van der Waals surface area contributed by atoms with Crippen LogP contribution in [0, 0.1) is 5.92 Å². The molecule has 2 aromatic carbocycles. The Morgan fingerprint density at radius 3 is 2.20 bits per heavy atom. The lowest BCUT2D eigenvalue weighted by Crippen LogP contribution is -2.26. The highest BCUT2D eigenvalue weighted by atomic mass is 35.5. The van der Waals surface area contributed by atoms with E-state index in [1.807, 2.05) is 120 Å². The highest BCUT2D eigenvalue weighted by Gasteiger charge is 2.19. The molecular formula is C29H42ClN3O2. The van der Waals surface area contributed by atoms with Crippen molar-refractivity contribution in [3.05, 3.63) is 78.5 Å². The van der Waals surface area contributed by atoms with Crippen molar-refractivity contribution in [2.75, 3.05) is 25.5 Å². The highest BCUT2D eigenvalue weighted by Crippen LogP contribution is 2.26. The van der Waals surface area contributed by atoms with E-state index in [1.165, 1.54) is 6.38 Å². The van der Waals surface area contributed by atoms with Gasteiger partial charge in [-0.15, -0.1) is 11.6 Å². The minimum absolute atomic E-state index is 0.203. The third-order valence-corrected chi connectivity index (χ3v) is 4.76. The fraction of sp³-hybridized carbons (Fsp3) is 0.379. The van der Waals surface area contributed by atoms with Crippen molar-refractivity contribution in [3.8, 4) is 0 Å². The van der Waals surface area contributed by atoms with Crippen LogP contribution < -0.4 is 5.43 Å². The number of anilines is 1. The van der Waals surface area contributed by atoms with Crippen molar-refractivity contribution >= 4 is 39.9 Å². The first-order valence-corrected chi connectivity index (χ1v) is 13.1. The van der Waals surface area contributed by atoms with E-state index >= 15 is 0 Å². The summed E-state index contributed by atoms with van der Waals surface area (Å²) in [4.78, 5) is 16.8. The van der Waals surface area contributed by atoms with Crippen molar-refractivity contribution in [1.82, 2.24) is 9.99 Å². The summed E-state index contributed by atoms with van der Waals surface area (Å²) in [5, 5.41) is 2.98. The number of hydrazine groups is 1. The lowest BCUT2D eigenvalue weighted by atomic mass is 10.0. The molecule has 35 heavy (non-hydrogen) atoms. The molecule has 192 valence electrons. The summed E-state index contributed by atoms with van der Waals surface area (Å²) >= 11 is 4.64. The van der Waals surface area contributed by atoms with E-state index in [2.05, 4.69) is 22.0 Å². The van der Waals surface area contributed by atoms with Gasteiger partial charge in [0.2, 0.25) is 0 Å². The molecule has 0 aliphatic carbocycles. The van der Waals surface area contributed by atoms with Gasteiger partial charge >= 0.3 is 5.97 Å². The number of aromatic nitrogens is 1. The summed E-state index contributed by atoms with van der Waals surface area (Å²) in [5.74, 6) is -0.519. The highest BCUT2D eigenvalue weighted by molar-refractivity contribution is 6.15. The van der Waals surface area contributed by atoms with E-state index in [0.29, 0.717) is 13.0 Å². The monoisotopic (exact) mass is 499 g/mol. The Morgan fingerprint density at radius 2 is 1.60 bits per heavy atom. The maximum Gasteiger partial charge on any atom is 0.312 e. The van der Waals surface area contributed by atoms with Gasteiger partial charge in [-0.25, -0.2) is 0 Å². The molecule has 1 unspecified atom stereocenters. The molecule has 0 radical (unpaired) electrons. The molecule has 0 aliphatic heterocycles. The van der Waals surface area contributed by atoms with Gasteiger partial charge < -0.3 is 4.74 Å². The van der Waals surface area contributed by atoms with Gasteiger partial charge in [-0.1, -0.05) is 83.1 Å². The number of halogens is 1. The Hall–Kier alpha value is -3.05. The lowest BCUT2D eigenvalue weighted by Gasteiger charge is -2.26. The first-order valence-electron chi connectivity index (χ1n) is 12.3. The third-order valence-electron chi connectivity index (χ3n) is 4.76. The normalized spacial score (nSPS) is 10.8. The molecule has 0 fully saturated rings. The molecule has 0 aliphatic rings. The number of pyridine rings is 1. The standard InChI is InChI=1S/C24H27N3O2.2C2H6.CH3Cl/c1-4-18(24(28)29-5-2)17-23(19-11-7-6-8-12-19)27(3)26-22-15-16-25-21-14-10-9-13-20(21)22;3*1-2/h6-18H,4-5H2,1-3H3,(H,25,26);2*1-2H3;1H3/b23-17-;;;. The first kappa shape index (κ1) is 32.0. The van der Waals surface area contributed by atoms with Crippen LogP contribution in [0.1, 0.15) is 53.5 Å². The van der Waals surface area contributed by atoms with Gasteiger partial charge in [-0.2, -0.15) is 0 Å². The number of esters is 1. The Morgan fingerprint density at radius 1 is 1.00 bits per heavy atom. The zero-order valence-electron chi connectivity index (χ0n) is 22.5. The summed E-state index contributed by atoms with van der Waals surface area (Å²) < 4.78 is 5.26. The molecule has 3 aromatic rings. The molecule has 5 nitrogen and oxygen atoms in total. The molecule has 0 amide bonds. The number of alkyl halides is 1. The fourth-order valence-corrected chi connectivity index (χ4v) is 3.24. The van der Waals surface area contributed by atoms with E-state index in [1.54, 1.807) is 6.20 Å². The smallest absolute Gasteiger partial charge is 0.312 e. The average Bonchev–Trinajstić information content (AvgIpc) is 2.93.